The number of aliphatic carboxylic acids is 1. The van der Waals surface area contributed by atoms with Crippen LogP contribution in [-0.4, -0.2) is 26.0 Å². The van der Waals surface area contributed by atoms with Crippen LogP contribution >= 0.6 is 0 Å². The Morgan fingerprint density at radius 3 is 2.29 bits per heavy atom. The van der Waals surface area contributed by atoms with E-state index in [1.165, 1.54) is 0 Å². The third-order valence-corrected chi connectivity index (χ3v) is 3.15. The van der Waals surface area contributed by atoms with Gasteiger partial charge in [0.25, 0.3) is 5.56 Å². The van der Waals surface area contributed by atoms with Crippen molar-refractivity contribution in [3.05, 3.63) is 50.9 Å². The Balaban J connectivity index is 2.70. The van der Waals surface area contributed by atoms with Crippen LogP contribution < -0.4 is 5.56 Å². The molecule has 0 fully saturated rings. The number of carbonyl (C=O) groups is 1. The standard InChI is InChI=1S/C15H16N2O4/c1-8-4-9(2)15(10(3)5-8)17-13(19)7-12(18)11(16-17)6-14(20)21/h4-5,7,18H,6H2,1-3H3,(H,20,21). The van der Waals surface area contributed by atoms with Gasteiger partial charge in [-0.05, 0) is 31.9 Å². The maximum Gasteiger partial charge on any atom is 0.309 e. The monoisotopic (exact) mass is 288 g/mol. The number of rotatable bonds is 3. The fourth-order valence-electron chi connectivity index (χ4n) is 2.42. The first kappa shape index (κ1) is 14.8. The number of carboxylic acid groups (broad SMARTS) is 1. The van der Waals surface area contributed by atoms with E-state index in [-0.39, 0.29) is 5.69 Å². The van der Waals surface area contributed by atoms with Gasteiger partial charge in [-0.1, -0.05) is 17.7 Å². The maximum absolute atomic E-state index is 12.1. The number of aromatic nitrogens is 2. The van der Waals surface area contributed by atoms with Gasteiger partial charge in [0, 0.05) is 6.07 Å². The summed E-state index contributed by atoms with van der Waals surface area (Å²) >= 11 is 0. The van der Waals surface area contributed by atoms with Crippen LogP contribution in [0, 0.1) is 20.8 Å². The highest BCUT2D eigenvalue weighted by atomic mass is 16.4. The first-order chi connectivity index (χ1) is 9.79. The molecule has 2 aromatic rings. The summed E-state index contributed by atoms with van der Waals surface area (Å²) in [6.45, 7) is 5.66. The van der Waals surface area contributed by atoms with Crippen molar-refractivity contribution >= 4 is 5.97 Å². The van der Waals surface area contributed by atoms with Crippen LogP contribution in [0.2, 0.25) is 0 Å². The van der Waals surface area contributed by atoms with Gasteiger partial charge >= 0.3 is 5.97 Å². The molecule has 0 atom stereocenters. The number of aryl methyl sites for hydroxylation is 3. The summed E-state index contributed by atoms with van der Waals surface area (Å²) in [6, 6.07) is 4.82. The molecule has 1 aromatic heterocycles. The second kappa shape index (κ2) is 5.40. The summed E-state index contributed by atoms with van der Waals surface area (Å²) in [4.78, 5) is 22.9. The highest BCUT2D eigenvalue weighted by molar-refractivity contribution is 5.70. The van der Waals surface area contributed by atoms with Gasteiger partial charge < -0.3 is 10.2 Å². The first-order valence-corrected chi connectivity index (χ1v) is 6.42. The van der Waals surface area contributed by atoms with Gasteiger partial charge in [0.1, 0.15) is 11.4 Å². The van der Waals surface area contributed by atoms with Crippen LogP contribution in [0.5, 0.6) is 5.75 Å². The Labute approximate surface area is 121 Å². The van der Waals surface area contributed by atoms with Gasteiger partial charge in [-0.2, -0.15) is 9.78 Å². The predicted molar refractivity (Wildman–Crippen MR) is 77.0 cm³/mol. The SMILES string of the molecule is Cc1cc(C)c(-n2nc(CC(=O)O)c(O)cc2=O)c(C)c1. The van der Waals surface area contributed by atoms with Crippen LogP contribution in [0.4, 0.5) is 0 Å². The molecule has 2 N–H and O–H groups in total. The lowest BCUT2D eigenvalue weighted by atomic mass is 10.1. The van der Waals surface area contributed by atoms with Crippen molar-refractivity contribution in [1.29, 1.82) is 0 Å². The van der Waals surface area contributed by atoms with Crippen molar-refractivity contribution in [1.82, 2.24) is 9.78 Å². The van der Waals surface area contributed by atoms with Crippen LogP contribution in [0.3, 0.4) is 0 Å². The highest BCUT2D eigenvalue weighted by Crippen LogP contribution is 2.20. The van der Waals surface area contributed by atoms with Gasteiger partial charge in [-0.3, -0.25) is 9.59 Å². The van der Waals surface area contributed by atoms with Crippen molar-refractivity contribution in [2.75, 3.05) is 0 Å². The largest absolute Gasteiger partial charge is 0.506 e. The van der Waals surface area contributed by atoms with Crippen LogP contribution in [0.25, 0.3) is 5.69 Å². The van der Waals surface area contributed by atoms with Gasteiger partial charge in [0.15, 0.2) is 0 Å². The minimum atomic E-state index is -1.12. The molecule has 6 heteroatoms. The quantitative estimate of drug-likeness (QED) is 0.892. The molecule has 0 amide bonds. The predicted octanol–water partition coefficient (Wildman–Crippen LogP) is 1.49. The summed E-state index contributed by atoms with van der Waals surface area (Å²) in [7, 11) is 0. The molecule has 0 aliphatic carbocycles. The summed E-state index contributed by atoms with van der Waals surface area (Å²) in [6.07, 6.45) is -0.448. The summed E-state index contributed by atoms with van der Waals surface area (Å²) < 4.78 is 1.14. The zero-order valence-corrected chi connectivity index (χ0v) is 12.0. The maximum atomic E-state index is 12.1. The normalized spacial score (nSPS) is 10.6. The second-order valence-corrected chi connectivity index (χ2v) is 5.04. The molecule has 21 heavy (non-hydrogen) atoms. The van der Waals surface area contributed by atoms with Gasteiger partial charge in [0.05, 0.1) is 12.1 Å². The van der Waals surface area contributed by atoms with Crippen LogP contribution in [-0.2, 0) is 11.2 Å². The fourth-order valence-corrected chi connectivity index (χ4v) is 2.42. The molecule has 0 bridgehead atoms. The molecule has 0 saturated heterocycles. The molecule has 2 rings (SSSR count). The van der Waals surface area contributed by atoms with Crippen molar-refractivity contribution in [2.45, 2.75) is 27.2 Å². The first-order valence-electron chi connectivity index (χ1n) is 6.42. The van der Waals surface area contributed by atoms with E-state index < -0.39 is 23.7 Å². The fraction of sp³-hybridized carbons (Fsp3) is 0.267. The molecule has 0 saturated carbocycles. The van der Waals surface area contributed by atoms with Crippen molar-refractivity contribution in [3.63, 3.8) is 0 Å². The lowest BCUT2D eigenvalue weighted by molar-refractivity contribution is -0.136. The molecule has 0 aliphatic rings. The molecule has 0 unspecified atom stereocenters. The molecular weight excluding hydrogens is 272 g/mol. The number of hydrogen-bond donors (Lipinski definition) is 2. The van der Waals surface area contributed by atoms with Gasteiger partial charge in [-0.25, -0.2) is 0 Å². The molecule has 1 heterocycles. The number of aromatic hydroxyl groups is 1. The molecular formula is C15H16N2O4. The van der Waals surface area contributed by atoms with E-state index in [1.807, 2.05) is 32.9 Å². The second-order valence-electron chi connectivity index (χ2n) is 5.04. The van der Waals surface area contributed by atoms with Crippen LogP contribution in [0.15, 0.2) is 23.0 Å². The van der Waals surface area contributed by atoms with E-state index in [1.54, 1.807) is 0 Å². The van der Waals surface area contributed by atoms with Crippen molar-refractivity contribution in [2.24, 2.45) is 0 Å². The van der Waals surface area contributed by atoms with E-state index in [2.05, 4.69) is 5.10 Å². The van der Waals surface area contributed by atoms with Gasteiger partial charge in [-0.15, -0.1) is 0 Å². The third-order valence-electron chi connectivity index (χ3n) is 3.15. The molecule has 110 valence electrons. The molecule has 0 aliphatic heterocycles. The Morgan fingerprint density at radius 1 is 1.19 bits per heavy atom. The Morgan fingerprint density at radius 2 is 1.76 bits per heavy atom. The molecule has 6 nitrogen and oxygen atoms in total. The zero-order chi connectivity index (χ0) is 15.7. The molecule has 0 radical (unpaired) electrons. The number of carboxylic acids is 1. The average molecular weight is 288 g/mol. The average Bonchev–Trinajstić information content (AvgIpc) is 2.32. The Hall–Kier alpha value is -2.63. The molecule has 1 aromatic carbocycles. The Kier molecular flexibility index (Phi) is 3.80. The summed E-state index contributed by atoms with van der Waals surface area (Å²) in [5.74, 6) is -1.53. The zero-order valence-electron chi connectivity index (χ0n) is 12.0. The summed E-state index contributed by atoms with van der Waals surface area (Å²) in [5.41, 5.74) is 2.84. The van der Waals surface area contributed by atoms with E-state index in [0.717, 1.165) is 27.4 Å². The topological polar surface area (TPSA) is 92.4 Å². The van der Waals surface area contributed by atoms with E-state index in [0.29, 0.717) is 5.69 Å². The minimum Gasteiger partial charge on any atom is -0.506 e. The van der Waals surface area contributed by atoms with E-state index >= 15 is 0 Å². The number of nitrogens with zero attached hydrogens (tertiary/aromatic N) is 2. The van der Waals surface area contributed by atoms with Crippen LogP contribution in [0.1, 0.15) is 22.4 Å². The van der Waals surface area contributed by atoms with Gasteiger partial charge in [0.2, 0.25) is 0 Å². The van der Waals surface area contributed by atoms with E-state index in [9.17, 15) is 14.7 Å². The van der Waals surface area contributed by atoms with Crippen molar-refractivity contribution in [3.8, 4) is 11.4 Å². The molecule has 0 spiro atoms. The highest BCUT2D eigenvalue weighted by Gasteiger charge is 2.15. The summed E-state index contributed by atoms with van der Waals surface area (Å²) in [5, 5.41) is 22.5. The third kappa shape index (κ3) is 2.94. The Bertz CT molecular complexity index is 755. The van der Waals surface area contributed by atoms with E-state index in [4.69, 9.17) is 5.11 Å². The van der Waals surface area contributed by atoms with Crippen molar-refractivity contribution < 1.29 is 15.0 Å². The number of hydrogen-bond acceptors (Lipinski definition) is 4. The number of benzene rings is 1. The lowest BCUT2D eigenvalue weighted by Crippen LogP contribution is -2.24. The minimum absolute atomic E-state index is 0.0403. The smallest absolute Gasteiger partial charge is 0.309 e. The lowest BCUT2D eigenvalue weighted by Gasteiger charge is -2.14.